The fourth-order valence-electron chi connectivity index (χ4n) is 2.71. The van der Waals surface area contributed by atoms with E-state index in [1.54, 1.807) is 18.2 Å². The molecular weight excluding hydrogens is 410 g/mol. The molecule has 0 saturated heterocycles. The van der Waals surface area contributed by atoms with Crippen LogP contribution in [-0.4, -0.2) is 29.3 Å². The van der Waals surface area contributed by atoms with Crippen LogP contribution in [0.4, 0.5) is 0 Å². The number of aryl methyl sites for hydroxylation is 2. The first-order valence-electron chi connectivity index (χ1n) is 8.17. The molecule has 0 radical (unpaired) electrons. The number of phenols is 1. The van der Waals surface area contributed by atoms with Crippen LogP contribution in [-0.2, 0) is 0 Å². The maximum Gasteiger partial charge on any atom is 0.272 e. The SMILES string of the molecule is COc1cc(C=NNC(=O)c2cc(C)nc3ccc(C)cc23)cc(Br)c1O. The van der Waals surface area contributed by atoms with E-state index in [1.165, 1.54) is 13.3 Å². The monoisotopic (exact) mass is 427 g/mol. The van der Waals surface area contributed by atoms with Crippen molar-refractivity contribution in [3.63, 3.8) is 0 Å². The molecule has 3 aromatic rings. The van der Waals surface area contributed by atoms with E-state index in [0.29, 0.717) is 21.3 Å². The van der Waals surface area contributed by atoms with Gasteiger partial charge in [-0.3, -0.25) is 9.78 Å². The van der Waals surface area contributed by atoms with Gasteiger partial charge in [0, 0.05) is 11.1 Å². The van der Waals surface area contributed by atoms with Gasteiger partial charge in [0.1, 0.15) is 0 Å². The average molecular weight is 428 g/mol. The Morgan fingerprint density at radius 3 is 2.78 bits per heavy atom. The summed E-state index contributed by atoms with van der Waals surface area (Å²) in [6.07, 6.45) is 1.48. The number of aromatic nitrogens is 1. The molecule has 1 aromatic heterocycles. The fraction of sp³-hybridized carbons (Fsp3) is 0.150. The number of ether oxygens (including phenoxy) is 1. The Balaban J connectivity index is 1.86. The molecule has 0 saturated carbocycles. The predicted octanol–water partition coefficient (Wildman–Crippen LogP) is 4.09. The number of carbonyl (C=O) groups excluding carboxylic acids is 1. The van der Waals surface area contributed by atoms with Crippen LogP contribution in [0.15, 0.2) is 46.0 Å². The summed E-state index contributed by atoms with van der Waals surface area (Å²) in [7, 11) is 1.46. The number of hydrogen-bond donors (Lipinski definition) is 2. The van der Waals surface area contributed by atoms with Crippen molar-refractivity contribution in [3.05, 3.63) is 63.3 Å². The molecule has 0 aliphatic carbocycles. The molecule has 0 atom stereocenters. The number of phenolic OH excluding ortho intramolecular Hbond substituents is 1. The molecule has 0 unspecified atom stereocenters. The molecule has 2 N–H and O–H groups in total. The Kier molecular flexibility index (Phi) is 5.41. The number of fused-ring (bicyclic) bond motifs is 1. The normalized spacial score (nSPS) is 11.1. The summed E-state index contributed by atoms with van der Waals surface area (Å²) >= 11 is 3.25. The smallest absolute Gasteiger partial charge is 0.272 e. The molecule has 1 amide bonds. The molecule has 0 fully saturated rings. The van der Waals surface area contributed by atoms with Gasteiger partial charge in [0.25, 0.3) is 5.91 Å². The number of nitrogens with one attached hydrogen (secondary N) is 1. The highest BCUT2D eigenvalue weighted by Crippen LogP contribution is 2.34. The third kappa shape index (κ3) is 4.09. The van der Waals surface area contributed by atoms with Gasteiger partial charge in [-0.1, -0.05) is 11.6 Å². The Morgan fingerprint density at radius 2 is 2.04 bits per heavy atom. The zero-order valence-electron chi connectivity index (χ0n) is 15.1. The van der Waals surface area contributed by atoms with Crippen LogP contribution in [0.25, 0.3) is 10.9 Å². The molecule has 2 aromatic carbocycles. The van der Waals surface area contributed by atoms with Crippen molar-refractivity contribution in [2.45, 2.75) is 13.8 Å². The second-order valence-corrected chi connectivity index (χ2v) is 6.94. The Morgan fingerprint density at radius 1 is 1.26 bits per heavy atom. The predicted molar refractivity (Wildman–Crippen MR) is 109 cm³/mol. The van der Waals surface area contributed by atoms with Crippen LogP contribution in [0, 0.1) is 13.8 Å². The summed E-state index contributed by atoms with van der Waals surface area (Å²) < 4.78 is 5.57. The van der Waals surface area contributed by atoms with Gasteiger partial charge in [-0.05, 0) is 65.7 Å². The lowest BCUT2D eigenvalue weighted by Gasteiger charge is -2.08. The van der Waals surface area contributed by atoms with Gasteiger partial charge in [-0.15, -0.1) is 0 Å². The summed E-state index contributed by atoms with van der Waals surface area (Å²) in [5.74, 6) is -0.00618. The number of aromatic hydroxyl groups is 1. The van der Waals surface area contributed by atoms with Crippen LogP contribution in [0.2, 0.25) is 0 Å². The van der Waals surface area contributed by atoms with Crippen molar-refractivity contribution in [2.24, 2.45) is 5.10 Å². The summed E-state index contributed by atoms with van der Waals surface area (Å²) in [6.45, 7) is 3.81. The van der Waals surface area contributed by atoms with Crippen LogP contribution in [0.1, 0.15) is 27.2 Å². The average Bonchev–Trinajstić information content (AvgIpc) is 2.64. The van der Waals surface area contributed by atoms with Gasteiger partial charge < -0.3 is 9.84 Å². The molecule has 3 rings (SSSR count). The number of nitrogens with zero attached hydrogens (tertiary/aromatic N) is 2. The van der Waals surface area contributed by atoms with E-state index in [9.17, 15) is 9.90 Å². The zero-order chi connectivity index (χ0) is 19.6. The second kappa shape index (κ2) is 7.75. The van der Waals surface area contributed by atoms with Crippen molar-refractivity contribution in [1.82, 2.24) is 10.4 Å². The van der Waals surface area contributed by atoms with Crippen LogP contribution in [0.5, 0.6) is 11.5 Å². The number of benzene rings is 2. The van der Waals surface area contributed by atoms with E-state index in [0.717, 1.165) is 22.2 Å². The van der Waals surface area contributed by atoms with Crippen molar-refractivity contribution in [2.75, 3.05) is 7.11 Å². The standard InChI is InChI=1S/C20H18BrN3O3/c1-11-4-5-17-14(6-11)15(7-12(2)23-17)20(26)24-22-10-13-8-16(21)19(25)18(9-13)27-3/h4-10,25H,1-3H3,(H,24,26). The van der Waals surface area contributed by atoms with E-state index < -0.39 is 0 Å². The fourth-order valence-corrected chi connectivity index (χ4v) is 3.17. The molecule has 0 aliphatic heterocycles. The molecule has 27 heavy (non-hydrogen) atoms. The molecular formula is C20H18BrN3O3. The van der Waals surface area contributed by atoms with Crippen molar-refractivity contribution in [3.8, 4) is 11.5 Å². The summed E-state index contributed by atoms with van der Waals surface area (Å²) in [6, 6.07) is 10.8. The third-order valence-corrected chi connectivity index (χ3v) is 4.59. The van der Waals surface area contributed by atoms with Crippen molar-refractivity contribution >= 4 is 39.0 Å². The number of methoxy groups -OCH3 is 1. The quantitative estimate of drug-likeness (QED) is 0.484. The van der Waals surface area contributed by atoms with E-state index in [4.69, 9.17) is 4.74 Å². The van der Waals surface area contributed by atoms with Gasteiger partial charge in [0.2, 0.25) is 0 Å². The van der Waals surface area contributed by atoms with Crippen LogP contribution in [0.3, 0.4) is 0 Å². The highest BCUT2D eigenvalue weighted by molar-refractivity contribution is 9.10. The summed E-state index contributed by atoms with van der Waals surface area (Å²) in [5.41, 5.74) is 6.29. The van der Waals surface area contributed by atoms with E-state index >= 15 is 0 Å². The van der Waals surface area contributed by atoms with E-state index in [1.807, 2.05) is 32.0 Å². The highest BCUT2D eigenvalue weighted by atomic mass is 79.9. The van der Waals surface area contributed by atoms with E-state index in [-0.39, 0.29) is 11.7 Å². The number of rotatable bonds is 4. The number of carbonyl (C=O) groups is 1. The van der Waals surface area contributed by atoms with Crippen molar-refractivity contribution < 1.29 is 14.6 Å². The topological polar surface area (TPSA) is 83.8 Å². The lowest BCUT2D eigenvalue weighted by Crippen LogP contribution is -2.18. The molecule has 6 nitrogen and oxygen atoms in total. The number of hydrazone groups is 1. The maximum absolute atomic E-state index is 12.6. The second-order valence-electron chi connectivity index (χ2n) is 6.08. The van der Waals surface area contributed by atoms with Crippen molar-refractivity contribution in [1.29, 1.82) is 0 Å². The minimum atomic E-state index is -0.322. The van der Waals surface area contributed by atoms with Gasteiger partial charge in [0.15, 0.2) is 11.5 Å². The number of halogens is 1. The molecule has 7 heteroatoms. The number of pyridine rings is 1. The first kappa shape index (κ1) is 18.8. The summed E-state index contributed by atoms with van der Waals surface area (Å²) in [5, 5.41) is 14.6. The van der Waals surface area contributed by atoms with Gasteiger partial charge >= 0.3 is 0 Å². The molecule has 0 bridgehead atoms. The highest BCUT2D eigenvalue weighted by Gasteiger charge is 2.12. The van der Waals surface area contributed by atoms with Crippen LogP contribution < -0.4 is 10.2 Å². The Bertz CT molecular complexity index is 1060. The van der Waals surface area contributed by atoms with Gasteiger partial charge in [0.05, 0.1) is 28.9 Å². The largest absolute Gasteiger partial charge is 0.503 e. The number of amides is 1. The van der Waals surface area contributed by atoms with Gasteiger partial charge in [-0.2, -0.15) is 5.10 Å². The van der Waals surface area contributed by atoms with Gasteiger partial charge in [-0.25, -0.2) is 5.43 Å². The minimum Gasteiger partial charge on any atom is -0.503 e. The lowest BCUT2D eigenvalue weighted by atomic mass is 10.1. The maximum atomic E-state index is 12.6. The Labute approximate surface area is 165 Å². The van der Waals surface area contributed by atoms with Crippen LogP contribution >= 0.6 is 15.9 Å². The summed E-state index contributed by atoms with van der Waals surface area (Å²) in [4.78, 5) is 17.1. The minimum absolute atomic E-state index is 0.00721. The molecule has 138 valence electrons. The zero-order valence-corrected chi connectivity index (χ0v) is 16.7. The number of hydrogen-bond acceptors (Lipinski definition) is 5. The lowest BCUT2D eigenvalue weighted by molar-refractivity contribution is 0.0956. The van der Waals surface area contributed by atoms with E-state index in [2.05, 4.69) is 31.4 Å². The molecule has 0 aliphatic rings. The third-order valence-electron chi connectivity index (χ3n) is 3.99. The first-order chi connectivity index (χ1) is 12.9. The molecule has 1 heterocycles. The molecule has 0 spiro atoms. The Hall–Kier alpha value is -2.93. The first-order valence-corrected chi connectivity index (χ1v) is 8.96.